The maximum absolute atomic E-state index is 13.1. The zero-order valence-corrected chi connectivity index (χ0v) is 16.5. The number of rotatable bonds is 6. The fourth-order valence-electron chi connectivity index (χ4n) is 3.43. The van der Waals surface area contributed by atoms with Gasteiger partial charge in [-0.1, -0.05) is 36.4 Å². The van der Waals surface area contributed by atoms with Crippen LogP contribution in [-0.2, 0) is 24.4 Å². The van der Waals surface area contributed by atoms with Crippen molar-refractivity contribution in [3.8, 4) is 0 Å². The van der Waals surface area contributed by atoms with Crippen LogP contribution >= 0.6 is 0 Å². The van der Waals surface area contributed by atoms with Crippen LogP contribution in [0.15, 0.2) is 53.5 Å². The van der Waals surface area contributed by atoms with Crippen molar-refractivity contribution < 1.29 is 9.18 Å². The van der Waals surface area contributed by atoms with Gasteiger partial charge in [0, 0.05) is 46.7 Å². The van der Waals surface area contributed by atoms with Gasteiger partial charge in [-0.25, -0.2) is 4.39 Å². The van der Waals surface area contributed by atoms with E-state index < -0.39 is 0 Å². The number of hydrogen-bond donors (Lipinski definition) is 1. The Balaban J connectivity index is 1.56. The molecule has 28 heavy (non-hydrogen) atoms. The number of amides is 1. The van der Waals surface area contributed by atoms with E-state index in [1.165, 1.54) is 12.1 Å². The molecule has 1 fully saturated rings. The zero-order valence-electron chi connectivity index (χ0n) is 16.5. The van der Waals surface area contributed by atoms with Crippen molar-refractivity contribution in [1.29, 1.82) is 0 Å². The third-order valence-corrected chi connectivity index (χ3v) is 4.89. The first kappa shape index (κ1) is 19.9. The lowest BCUT2D eigenvalue weighted by molar-refractivity contribution is -0.128. The van der Waals surface area contributed by atoms with E-state index in [4.69, 9.17) is 0 Å². The highest BCUT2D eigenvalue weighted by molar-refractivity contribution is 5.79. The summed E-state index contributed by atoms with van der Waals surface area (Å²) in [5.74, 6) is 0.778. The molecule has 1 saturated heterocycles. The molecule has 1 amide bonds. The summed E-state index contributed by atoms with van der Waals surface area (Å²) < 4.78 is 13.1. The molecule has 1 N–H and O–H groups in total. The van der Waals surface area contributed by atoms with Crippen molar-refractivity contribution in [2.75, 3.05) is 20.6 Å². The highest BCUT2D eigenvalue weighted by Gasteiger charge is 2.19. The lowest BCUT2D eigenvalue weighted by atomic mass is 10.1. The van der Waals surface area contributed by atoms with Gasteiger partial charge in [0.15, 0.2) is 5.96 Å². The Morgan fingerprint density at radius 1 is 1.18 bits per heavy atom. The van der Waals surface area contributed by atoms with E-state index in [9.17, 15) is 9.18 Å². The molecule has 0 spiro atoms. The summed E-state index contributed by atoms with van der Waals surface area (Å²) in [6, 6.07) is 14.8. The second-order valence-corrected chi connectivity index (χ2v) is 7.12. The van der Waals surface area contributed by atoms with Gasteiger partial charge in [-0.15, -0.1) is 0 Å². The van der Waals surface area contributed by atoms with E-state index in [-0.39, 0.29) is 11.7 Å². The Morgan fingerprint density at radius 3 is 2.61 bits per heavy atom. The first-order valence-corrected chi connectivity index (χ1v) is 9.57. The van der Waals surface area contributed by atoms with Gasteiger partial charge in [0.2, 0.25) is 5.91 Å². The highest BCUT2D eigenvalue weighted by atomic mass is 19.1. The second kappa shape index (κ2) is 9.35. The van der Waals surface area contributed by atoms with Gasteiger partial charge in [0.25, 0.3) is 0 Å². The average molecular weight is 382 g/mol. The third kappa shape index (κ3) is 5.31. The molecule has 5 nitrogen and oxygen atoms in total. The molecule has 0 aliphatic carbocycles. The number of carbonyl (C=O) groups is 1. The summed E-state index contributed by atoms with van der Waals surface area (Å²) in [6.07, 6.45) is 1.62. The number of halogens is 1. The van der Waals surface area contributed by atoms with Crippen molar-refractivity contribution in [2.24, 2.45) is 4.99 Å². The normalized spacial score (nSPS) is 14.5. The van der Waals surface area contributed by atoms with E-state index in [1.54, 1.807) is 19.2 Å². The first-order chi connectivity index (χ1) is 13.5. The van der Waals surface area contributed by atoms with E-state index in [0.29, 0.717) is 26.1 Å². The Bertz CT molecular complexity index is 835. The fourth-order valence-corrected chi connectivity index (χ4v) is 3.43. The molecule has 0 atom stereocenters. The minimum atomic E-state index is -0.232. The molecule has 3 rings (SSSR count). The molecule has 0 radical (unpaired) electrons. The molecule has 0 bridgehead atoms. The second-order valence-electron chi connectivity index (χ2n) is 7.12. The van der Waals surface area contributed by atoms with E-state index in [2.05, 4.69) is 28.5 Å². The summed E-state index contributed by atoms with van der Waals surface area (Å²) in [6.45, 7) is 2.80. The molecule has 1 aliphatic rings. The van der Waals surface area contributed by atoms with Crippen LogP contribution in [0.5, 0.6) is 0 Å². The minimum absolute atomic E-state index is 0.232. The monoisotopic (exact) mass is 382 g/mol. The number of guanidine groups is 1. The van der Waals surface area contributed by atoms with Gasteiger partial charge >= 0.3 is 0 Å². The summed E-state index contributed by atoms with van der Waals surface area (Å²) in [4.78, 5) is 20.1. The number of carbonyl (C=O) groups excluding carboxylic acids is 1. The summed E-state index contributed by atoms with van der Waals surface area (Å²) in [5, 5.41) is 3.37. The van der Waals surface area contributed by atoms with Gasteiger partial charge < -0.3 is 15.1 Å². The summed E-state index contributed by atoms with van der Waals surface area (Å²) >= 11 is 0. The number of benzene rings is 2. The highest BCUT2D eigenvalue weighted by Crippen LogP contribution is 2.15. The van der Waals surface area contributed by atoms with Crippen LogP contribution in [0.4, 0.5) is 4.39 Å². The number of aliphatic imine (C=N–C) groups is 1. The quantitative estimate of drug-likeness (QED) is 0.617. The van der Waals surface area contributed by atoms with Crippen molar-refractivity contribution in [3.05, 3.63) is 71.0 Å². The smallest absolute Gasteiger partial charge is 0.222 e. The van der Waals surface area contributed by atoms with Crippen LogP contribution in [0, 0.1) is 5.82 Å². The van der Waals surface area contributed by atoms with Crippen molar-refractivity contribution in [1.82, 2.24) is 15.1 Å². The van der Waals surface area contributed by atoms with Gasteiger partial charge in [-0.05, 0) is 35.2 Å². The van der Waals surface area contributed by atoms with E-state index >= 15 is 0 Å². The number of likely N-dealkylation sites (tertiary alicyclic amines) is 1. The van der Waals surface area contributed by atoms with E-state index in [0.717, 1.165) is 35.6 Å². The molecular weight excluding hydrogens is 355 g/mol. The van der Waals surface area contributed by atoms with Crippen molar-refractivity contribution in [2.45, 2.75) is 32.5 Å². The standard InChI is InChI=1S/C22H27FN4O/c1-24-22(26(2)15-17-8-10-20(23)11-9-17)25-14-18-5-3-6-19(13-18)16-27-12-4-7-21(27)28/h3,5-6,8-11,13H,4,7,12,14-16H2,1-2H3,(H,24,25). The lowest BCUT2D eigenvalue weighted by Crippen LogP contribution is -2.38. The van der Waals surface area contributed by atoms with Crippen molar-refractivity contribution in [3.63, 3.8) is 0 Å². The van der Waals surface area contributed by atoms with Gasteiger partial charge in [0.1, 0.15) is 5.82 Å². The molecule has 2 aromatic carbocycles. The lowest BCUT2D eigenvalue weighted by Gasteiger charge is -2.22. The van der Waals surface area contributed by atoms with Gasteiger partial charge in [0.05, 0.1) is 0 Å². The van der Waals surface area contributed by atoms with Crippen LogP contribution in [0.1, 0.15) is 29.5 Å². The molecule has 2 aromatic rings. The summed E-state index contributed by atoms with van der Waals surface area (Å²) in [7, 11) is 3.70. The molecule has 1 heterocycles. The summed E-state index contributed by atoms with van der Waals surface area (Å²) in [5.41, 5.74) is 3.30. The van der Waals surface area contributed by atoms with Crippen LogP contribution in [0.25, 0.3) is 0 Å². The maximum atomic E-state index is 13.1. The maximum Gasteiger partial charge on any atom is 0.222 e. The largest absolute Gasteiger partial charge is 0.352 e. The molecular formula is C22H27FN4O. The Morgan fingerprint density at radius 2 is 1.93 bits per heavy atom. The predicted octanol–water partition coefficient (Wildman–Crippen LogP) is 3.16. The predicted molar refractivity (Wildman–Crippen MR) is 109 cm³/mol. The average Bonchev–Trinajstić information content (AvgIpc) is 3.09. The molecule has 0 unspecified atom stereocenters. The third-order valence-electron chi connectivity index (χ3n) is 4.89. The van der Waals surface area contributed by atoms with Gasteiger partial charge in [-0.2, -0.15) is 0 Å². The van der Waals surface area contributed by atoms with Gasteiger partial charge in [-0.3, -0.25) is 9.79 Å². The Hall–Kier alpha value is -2.89. The van der Waals surface area contributed by atoms with E-state index in [1.807, 2.05) is 22.9 Å². The molecule has 0 saturated carbocycles. The van der Waals surface area contributed by atoms with Crippen LogP contribution in [0.3, 0.4) is 0 Å². The molecule has 6 heteroatoms. The fraction of sp³-hybridized carbons (Fsp3) is 0.364. The zero-order chi connectivity index (χ0) is 19.9. The number of nitrogens with zero attached hydrogens (tertiary/aromatic N) is 3. The Labute approximate surface area is 165 Å². The van der Waals surface area contributed by atoms with Crippen molar-refractivity contribution >= 4 is 11.9 Å². The molecule has 1 aliphatic heterocycles. The molecule has 0 aromatic heterocycles. The number of hydrogen-bond acceptors (Lipinski definition) is 2. The minimum Gasteiger partial charge on any atom is -0.352 e. The topological polar surface area (TPSA) is 47.9 Å². The first-order valence-electron chi connectivity index (χ1n) is 9.57. The SMILES string of the molecule is CN=C(NCc1cccc(CN2CCCC2=O)c1)N(C)Cc1ccc(F)cc1. The Kier molecular flexibility index (Phi) is 6.63. The van der Waals surface area contributed by atoms with Crippen LogP contribution in [-0.4, -0.2) is 42.3 Å². The van der Waals surface area contributed by atoms with Crippen LogP contribution in [0.2, 0.25) is 0 Å². The number of nitrogens with one attached hydrogen (secondary N) is 1. The molecule has 148 valence electrons. The van der Waals surface area contributed by atoms with Crippen LogP contribution < -0.4 is 5.32 Å².